The van der Waals surface area contributed by atoms with Crippen LogP contribution in [0.5, 0.6) is 0 Å². The number of carboxylic acid groups (broad SMARTS) is 1. The second-order valence-electron chi connectivity index (χ2n) is 9.18. The third-order valence-electron chi connectivity index (χ3n) is 6.19. The number of nitrogens with one attached hydrogen (secondary N) is 4. The second-order valence-corrected chi connectivity index (χ2v) is 9.62. The first-order valence-corrected chi connectivity index (χ1v) is 12.3. The molecule has 38 heavy (non-hydrogen) atoms. The van der Waals surface area contributed by atoms with Crippen LogP contribution < -0.4 is 21.3 Å². The molecule has 2 aliphatic rings. The third kappa shape index (κ3) is 6.76. The minimum Gasteiger partial charge on any atom is -0.481 e. The van der Waals surface area contributed by atoms with Crippen LogP contribution in [-0.2, 0) is 15.0 Å². The van der Waals surface area contributed by atoms with Crippen LogP contribution in [0.15, 0.2) is 41.7 Å². The van der Waals surface area contributed by atoms with Crippen molar-refractivity contribution in [3.05, 3.63) is 58.4 Å². The highest BCUT2D eigenvalue weighted by Crippen LogP contribution is 2.48. The number of amides is 2. The summed E-state index contributed by atoms with van der Waals surface area (Å²) < 4.78 is 0. The first-order valence-electron chi connectivity index (χ1n) is 11.9. The number of aliphatic hydroxyl groups excluding tert-OH is 1. The number of β-amino-alcohol motifs (C(OH)–C–C–N with tert-alkyl or cyclic N) is 1. The summed E-state index contributed by atoms with van der Waals surface area (Å²) in [5.41, 5.74) is 1.18. The Kier molecular flexibility index (Phi) is 8.09. The van der Waals surface area contributed by atoms with E-state index in [0.717, 1.165) is 0 Å². The number of aromatic nitrogens is 1. The van der Waals surface area contributed by atoms with E-state index in [2.05, 4.69) is 37.3 Å². The van der Waals surface area contributed by atoms with Crippen molar-refractivity contribution in [2.75, 3.05) is 25.0 Å². The number of aliphatic imine (C=N–C) groups is 1. The molecule has 1 aromatic carbocycles. The Morgan fingerprint density at radius 3 is 2.68 bits per heavy atom. The van der Waals surface area contributed by atoms with E-state index in [-0.39, 0.29) is 12.1 Å². The largest absolute Gasteiger partial charge is 0.481 e. The number of nitriles is 1. The quantitative estimate of drug-likeness (QED) is 0.271. The van der Waals surface area contributed by atoms with Gasteiger partial charge in [-0.1, -0.05) is 17.7 Å². The maximum atomic E-state index is 12.7. The van der Waals surface area contributed by atoms with Gasteiger partial charge in [0.2, 0.25) is 5.91 Å². The molecule has 0 spiro atoms. The number of hydrogen-bond acceptors (Lipinski definition) is 9. The van der Waals surface area contributed by atoms with Gasteiger partial charge in [0.05, 0.1) is 60.6 Å². The molecule has 1 saturated carbocycles. The predicted molar refractivity (Wildman–Crippen MR) is 138 cm³/mol. The summed E-state index contributed by atoms with van der Waals surface area (Å²) in [6.45, 7) is 0.179. The van der Waals surface area contributed by atoms with Crippen molar-refractivity contribution < 1.29 is 24.6 Å². The Morgan fingerprint density at radius 2 is 2.03 bits per heavy atom. The Hall–Kier alpha value is -4.21. The van der Waals surface area contributed by atoms with Crippen molar-refractivity contribution in [3.8, 4) is 6.07 Å². The van der Waals surface area contributed by atoms with Crippen molar-refractivity contribution in [1.29, 1.82) is 5.26 Å². The molecule has 13 heteroatoms. The van der Waals surface area contributed by atoms with Crippen LogP contribution in [0.1, 0.15) is 46.8 Å². The summed E-state index contributed by atoms with van der Waals surface area (Å²) in [6, 6.07) is 7.83. The molecule has 0 saturated heterocycles. The van der Waals surface area contributed by atoms with Crippen LogP contribution in [0.25, 0.3) is 0 Å². The number of rotatable bonds is 9. The van der Waals surface area contributed by atoms with Crippen molar-refractivity contribution in [3.63, 3.8) is 0 Å². The lowest BCUT2D eigenvalue weighted by Crippen LogP contribution is -2.42. The lowest BCUT2D eigenvalue weighted by Gasteiger charge is -2.20. The molecule has 0 radical (unpaired) electrons. The first kappa shape index (κ1) is 26.8. The van der Waals surface area contributed by atoms with Gasteiger partial charge < -0.3 is 31.5 Å². The van der Waals surface area contributed by atoms with E-state index in [9.17, 15) is 29.9 Å². The number of hydrogen-bond donors (Lipinski definition) is 6. The van der Waals surface area contributed by atoms with Gasteiger partial charge >= 0.3 is 5.97 Å². The van der Waals surface area contributed by atoms with Gasteiger partial charge in [0, 0.05) is 17.8 Å². The SMILES string of the molecule is N#CC1(c2cc(Cl)cc(C(CC(=O)O)NC(=O)CNC(=O)c3cncc(NC4=NCC(O)CN4)c3)c2)CC1. The molecule has 2 atom stereocenters. The lowest BCUT2D eigenvalue weighted by atomic mass is 9.93. The van der Waals surface area contributed by atoms with E-state index in [1.165, 1.54) is 18.5 Å². The molecule has 1 fully saturated rings. The highest BCUT2D eigenvalue weighted by molar-refractivity contribution is 6.30. The van der Waals surface area contributed by atoms with Gasteiger partial charge in [0.15, 0.2) is 5.96 Å². The molecule has 2 heterocycles. The van der Waals surface area contributed by atoms with Gasteiger partial charge in [-0.15, -0.1) is 0 Å². The molecular formula is C25H26ClN7O5. The predicted octanol–water partition coefficient (Wildman–Crippen LogP) is 1.08. The molecule has 2 amide bonds. The fraction of sp³-hybridized carbons (Fsp3) is 0.360. The van der Waals surface area contributed by atoms with E-state index in [0.29, 0.717) is 47.2 Å². The molecule has 0 bridgehead atoms. The monoisotopic (exact) mass is 539 g/mol. The van der Waals surface area contributed by atoms with Crippen LogP contribution in [0.2, 0.25) is 5.02 Å². The molecule has 4 rings (SSSR count). The number of carbonyl (C=O) groups excluding carboxylic acids is 2. The van der Waals surface area contributed by atoms with Gasteiger partial charge in [-0.2, -0.15) is 5.26 Å². The summed E-state index contributed by atoms with van der Waals surface area (Å²) in [7, 11) is 0. The number of carbonyl (C=O) groups is 3. The molecular weight excluding hydrogens is 514 g/mol. The van der Waals surface area contributed by atoms with E-state index in [1.54, 1.807) is 18.2 Å². The van der Waals surface area contributed by atoms with Crippen LogP contribution in [0, 0.1) is 11.3 Å². The highest BCUT2D eigenvalue weighted by atomic mass is 35.5. The third-order valence-corrected chi connectivity index (χ3v) is 6.41. The zero-order chi connectivity index (χ0) is 27.3. The smallest absolute Gasteiger partial charge is 0.305 e. The minimum absolute atomic E-state index is 0.187. The number of carboxylic acids is 1. The maximum absolute atomic E-state index is 12.7. The summed E-state index contributed by atoms with van der Waals surface area (Å²) >= 11 is 6.25. The number of halogens is 1. The van der Waals surface area contributed by atoms with Crippen molar-refractivity contribution in [2.24, 2.45) is 4.99 Å². The molecule has 6 N–H and O–H groups in total. The fourth-order valence-corrected chi connectivity index (χ4v) is 4.24. The van der Waals surface area contributed by atoms with Gasteiger partial charge in [-0.3, -0.25) is 24.4 Å². The van der Waals surface area contributed by atoms with E-state index in [1.807, 2.05) is 0 Å². The van der Waals surface area contributed by atoms with Crippen LogP contribution in [0.3, 0.4) is 0 Å². The van der Waals surface area contributed by atoms with Crippen LogP contribution in [-0.4, -0.2) is 64.7 Å². The Bertz CT molecular complexity index is 1320. The average Bonchev–Trinajstić information content (AvgIpc) is 3.69. The van der Waals surface area contributed by atoms with E-state index in [4.69, 9.17) is 11.6 Å². The minimum atomic E-state index is -1.13. The van der Waals surface area contributed by atoms with Crippen LogP contribution in [0.4, 0.5) is 5.69 Å². The van der Waals surface area contributed by atoms with E-state index < -0.39 is 48.3 Å². The molecule has 2 aromatic rings. The van der Waals surface area contributed by atoms with Crippen molar-refractivity contribution in [1.82, 2.24) is 20.9 Å². The van der Waals surface area contributed by atoms with Gasteiger partial charge in [0.1, 0.15) is 0 Å². The normalized spacial score (nSPS) is 18.1. The van der Waals surface area contributed by atoms with Crippen molar-refractivity contribution >= 4 is 41.0 Å². The molecule has 12 nitrogen and oxygen atoms in total. The van der Waals surface area contributed by atoms with E-state index >= 15 is 0 Å². The number of nitrogens with zero attached hydrogens (tertiary/aromatic N) is 3. The molecule has 1 aliphatic heterocycles. The fourth-order valence-electron chi connectivity index (χ4n) is 4.00. The zero-order valence-corrected chi connectivity index (χ0v) is 21.0. The number of anilines is 1. The lowest BCUT2D eigenvalue weighted by molar-refractivity contribution is -0.137. The Morgan fingerprint density at radius 1 is 1.24 bits per heavy atom. The highest BCUT2D eigenvalue weighted by Gasteiger charge is 2.45. The molecule has 2 unspecified atom stereocenters. The van der Waals surface area contributed by atoms with Crippen LogP contribution >= 0.6 is 11.6 Å². The summed E-state index contributed by atoms with van der Waals surface area (Å²) in [6.07, 6.45) is 3.22. The summed E-state index contributed by atoms with van der Waals surface area (Å²) in [5, 5.41) is 39.8. The Labute approximate surface area is 223 Å². The molecule has 1 aliphatic carbocycles. The topological polar surface area (TPSA) is 189 Å². The van der Waals surface area contributed by atoms with Crippen molar-refractivity contribution in [2.45, 2.75) is 36.8 Å². The number of guanidine groups is 1. The maximum Gasteiger partial charge on any atom is 0.305 e. The van der Waals surface area contributed by atoms with Gasteiger partial charge in [0.25, 0.3) is 5.91 Å². The van der Waals surface area contributed by atoms with Gasteiger partial charge in [-0.05, 0) is 42.2 Å². The number of aliphatic hydroxyl groups is 1. The van der Waals surface area contributed by atoms with Gasteiger partial charge in [-0.25, -0.2) is 0 Å². The summed E-state index contributed by atoms with van der Waals surface area (Å²) in [5.74, 6) is -1.86. The average molecular weight is 540 g/mol. The number of pyridine rings is 1. The first-order chi connectivity index (χ1) is 18.2. The zero-order valence-electron chi connectivity index (χ0n) is 20.2. The Balaban J connectivity index is 1.38. The number of benzene rings is 1. The second kappa shape index (κ2) is 11.5. The molecule has 1 aromatic heterocycles. The molecule has 198 valence electrons. The standard InChI is InChI=1S/C25H26ClN7O5/c26-17-4-14(3-16(6-17)25(13-27)1-2-25)20(7-22(36)37)33-21(35)12-29-23(38)15-5-18(9-28-8-15)32-24-30-10-19(34)11-31-24/h3-6,8-9,19-20,34H,1-2,7,10-12H2,(H,29,38)(H,33,35)(H,36,37)(H2,30,31,32). The summed E-state index contributed by atoms with van der Waals surface area (Å²) in [4.78, 5) is 45.0. The number of aliphatic carboxylic acids is 1.